The van der Waals surface area contributed by atoms with Crippen molar-refractivity contribution in [3.8, 4) is 5.75 Å². The Balaban J connectivity index is 1.89. The molecule has 0 atom stereocenters. The smallest absolute Gasteiger partial charge is 0.323 e. The number of halogens is 1. The zero-order chi connectivity index (χ0) is 14.4. The molecule has 0 aliphatic rings. The van der Waals surface area contributed by atoms with Crippen LogP contribution >= 0.6 is 0 Å². The van der Waals surface area contributed by atoms with E-state index in [9.17, 15) is 9.18 Å². The molecule has 0 unspecified atom stereocenters. The van der Waals surface area contributed by atoms with Crippen molar-refractivity contribution in [2.24, 2.45) is 0 Å². The van der Waals surface area contributed by atoms with Gasteiger partial charge in [-0.1, -0.05) is 18.2 Å². The van der Waals surface area contributed by atoms with E-state index in [2.05, 4.69) is 10.6 Å². The van der Waals surface area contributed by atoms with E-state index in [1.54, 1.807) is 30.3 Å². The minimum Gasteiger partial charge on any atom is -0.508 e. The molecular formula is C15H13FN2O2. The van der Waals surface area contributed by atoms with Crippen molar-refractivity contribution in [1.29, 1.82) is 0 Å². The van der Waals surface area contributed by atoms with Crippen molar-refractivity contribution in [3.05, 3.63) is 66.1 Å². The standard InChI is InChI=1S/C15H13FN2O2/c16-14-4-2-1-3-11(14)9-10-17-15(20)18-12-5-7-13(19)8-6-12/h1-10,19H,(H2,17,18,20)/b10-9+. The fourth-order valence-corrected chi connectivity index (χ4v) is 1.53. The van der Waals surface area contributed by atoms with Crippen LogP contribution < -0.4 is 10.6 Å². The van der Waals surface area contributed by atoms with E-state index < -0.39 is 6.03 Å². The fraction of sp³-hybridized carbons (Fsp3) is 0. The Labute approximate surface area is 115 Å². The number of rotatable bonds is 3. The lowest BCUT2D eigenvalue weighted by molar-refractivity contribution is 0.255. The number of anilines is 1. The van der Waals surface area contributed by atoms with E-state index in [1.807, 2.05) is 0 Å². The molecule has 0 heterocycles. The molecule has 2 amide bonds. The van der Waals surface area contributed by atoms with Crippen LogP contribution in [0.25, 0.3) is 6.08 Å². The van der Waals surface area contributed by atoms with Crippen molar-refractivity contribution < 1.29 is 14.3 Å². The lowest BCUT2D eigenvalue weighted by Crippen LogP contribution is -2.23. The number of aromatic hydroxyl groups is 1. The van der Waals surface area contributed by atoms with E-state index in [0.29, 0.717) is 11.3 Å². The maximum Gasteiger partial charge on any atom is 0.323 e. The van der Waals surface area contributed by atoms with Gasteiger partial charge in [0.05, 0.1) is 0 Å². The second-order valence-electron chi connectivity index (χ2n) is 4.00. The molecule has 0 fully saturated rings. The number of phenolic OH excluding ortho intramolecular Hbond substituents is 1. The molecule has 2 rings (SSSR count). The van der Waals surface area contributed by atoms with Gasteiger partial charge in [0.1, 0.15) is 11.6 Å². The summed E-state index contributed by atoms with van der Waals surface area (Å²) < 4.78 is 13.3. The lowest BCUT2D eigenvalue weighted by Gasteiger charge is -2.04. The van der Waals surface area contributed by atoms with Gasteiger partial charge in [-0.2, -0.15) is 0 Å². The Bertz CT molecular complexity index is 624. The molecule has 2 aromatic carbocycles. The van der Waals surface area contributed by atoms with E-state index >= 15 is 0 Å². The summed E-state index contributed by atoms with van der Waals surface area (Å²) in [6.45, 7) is 0. The first-order chi connectivity index (χ1) is 9.65. The minimum atomic E-state index is -0.455. The number of carbonyl (C=O) groups excluding carboxylic acids is 1. The third kappa shape index (κ3) is 3.84. The molecule has 0 aromatic heterocycles. The number of amides is 2. The Kier molecular flexibility index (Phi) is 4.34. The van der Waals surface area contributed by atoms with Crippen LogP contribution in [0.1, 0.15) is 5.56 Å². The largest absolute Gasteiger partial charge is 0.508 e. The van der Waals surface area contributed by atoms with E-state index in [1.165, 1.54) is 30.5 Å². The third-order valence-corrected chi connectivity index (χ3v) is 2.51. The zero-order valence-corrected chi connectivity index (χ0v) is 10.5. The first-order valence-corrected chi connectivity index (χ1v) is 5.93. The number of hydrogen-bond acceptors (Lipinski definition) is 2. The van der Waals surface area contributed by atoms with Crippen LogP contribution in [-0.2, 0) is 0 Å². The van der Waals surface area contributed by atoms with Crippen molar-refractivity contribution in [1.82, 2.24) is 5.32 Å². The number of carbonyl (C=O) groups is 1. The highest BCUT2D eigenvalue weighted by Gasteiger charge is 1.99. The van der Waals surface area contributed by atoms with Crippen LogP contribution in [0.5, 0.6) is 5.75 Å². The third-order valence-electron chi connectivity index (χ3n) is 2.51. The second kappa shape index (κ2) is 6.38. The van der Waals surface area contributed by atoms with Crippen molar-refractivity contribution >= 4 is 17.8 Å². The Morgan fingerprint density at radius 3 is 2.50 bits per heavy atom. The van der Waals surface area contributed by atoms with E-state index in [-0.39, 0.29) is 11.6 Å². The summed E-state index contributed by atoms with van der Waals surface area (Å²) in [6, 6.07) is 11.8. The summed E-state index contributed by atoms with van der Waals surface area (Å²) in [7, 11) is 0. The van der Waals surface area contributed by atoms with Gasteiger partial charge < -0.3 is 15.7 Å². The molecule has 5 heteroatoms. The topological polar surface area (TPSA) is 61.4 Å². The lowest BCUT2D eigenvalue weighted by atomic mass is 10.2. The Morgan fingerprint density at radius 1 is 1.10 bits per heavy atom. The van der Waals surface area contributed by atoms with E-state index in [0.717, 1.165) is 0 Å². The number of hydrogen-bond donors (Lipinski definition) is 3. The predicted octanol–water partition coefficient (Wildman–Crippen LogP) is 3.32. The maximum absolute atomic E-state index is 13.3. The molecule has 0 aliphatic heterocycles. The molecule has 20 heavy (non-hydrogen) atoms. The first-order valence-electron chi connectivity index (χ1n) is 5.93. The van der Waals surface area contributed by atoms with Crippen LogP contribution in [-0.4, -0.2) is 11.1 Å². The molecule has 0 aliphatic carbocycles. The molecule has 0 saturated carbocycles. The number of phenols is 1. The summed E-state index contributed by atoms with van der Waals surface area (Å²) >= 11 is 0. The van der Waals surface area contributed by atoms with Crippen LogP contribution in [0, 0.1) is 5.82 Å². The van der Waals surface area contributed by atoms with Crippen molar-refractivity contribution in [2.45, 2.75) is 0 Å². The molecule has 3 N–H and O–H groups in total. The summed E-state index contributed by atoms with van der Waals surface area (Å²) in [5.41, 5.74) is 0.928. The van der Waals surface area contributed by atoms with Crippen LogP contribution in [0.4, 0.5) is 14.9 Å². The average Bonchev–Trinajstić information content (AvgIpc) is 2.43. The highest BCUT2D eigenvalue weighted by atomic mass is 19.1. The van der Waals surface area contributed by atoms with Gasteiger partial charge >= 0.3 is 6.03 Å². The van der Waals surface area contributed by atoms with Crippen LogP contribution in [0.15, 0.2) is 54.7 Å². The number of benzene rings is 2. The Hall–Kier alpha value is -2.82. The van der Waals surface area contributed by atoms with Gasteiger partial charge in [0.15, 0.2) is 0 Å². The Morgan fingerprint density at radius 2 is 1.80 bits per heavy atom. The van der Waals surface area contributed by atoms with Gasteiger partial charge in [0, 0.05) is 17.5 Å². The highest BCUT2D eigenvalue weighted by Crippen LogP contribution is 2.13. The van der Waals surface area contributed by atoms with Crippen molar-refractivity contribution in [2.75, 3.05) is 5.32 Å². The monoisotopic (exact) mass is 272 g/mol. The molecule has 4 nitrogen and oxygen atoms in total. The van der Waals surface area contributed by atoms with Gasteiger partial charge in [0.25, 0.3) is 0 Å². The van der Waals surface area contributed by atoms with Gasteiger partial charge in [0.2, 0.25) is 0 Å². The highest BCUT2D eigenvalue weighted by molar-refractivity contribution is 5.90. The summed E-state index contributed by atoms with van der Waals surface area (Å²) in [5.74, 6) is -0.236. The maximum atomic E-state index is 13.3. The van der Waals surface area contributed by atoms with Gasteiger partial charge in [-0.05, 0) is 36.4 Å². The second-order valence-corrected chi connectivity index (χ2v) is 4.00. The van der Waals surface area contributed by atoms with Gasteiger partial charge in [-0.25, -0.2) is 9.18 Å². The quantitative estimate of drug-likeness (QED) is 0.750. The van der Waals surface area contributed by atoms with Gasteiger partial charge in [-0.3, -0.25) is 0 Å². The molecule has 0 spiro atoms. The summed E-state index contributed by atoms with van der Waals surface area (Å²) in [4.78, 5) is 11.5. The number of urea groups is 1. The van der Waals surface area contributed by atoms with E-state index in [4.69, 9.17) is 5.11 Å². The van der Waals surface area contributed by atoms with Crippen LogP contribution in [0.3, 0.4) is 0 Å². The molecule has 0 saturated heterocycles. The molecular weight excluding hydrogens is 259 g/mol. The van der Waals surface area contributed by atoms with Crippen molar-refractivity contribution in [3.63, 3.8) is 0 Å². The zero-order valence-electron chi connectivity index (χ0n) is 10.5. The SMILES string of the molecule is O=C(N/C=C/c1ccccc1F)Nc1ccc(O)cc1. The molecule has 2 aromatic rings. The first kappa shape index (κ1) is 13.6. The normalized spacial score (nSPS) is 10.4. The molecule has 102 valence electrons. The minimum absolute atomic E-state index is 0.121. The predicted molar refractivity (Wildman–Crippen MR) is 75.7 cm³/mol. The number of nitrogens with one attached hydrogen (secondary N) is 2. The average molecular weight is 272 g/mol. The van der Waals surface area contributed by atoms with Gasteiger partial charge in [-0.15, -0.1) is 0 Å². The summed E-state index contributed by atoms with van der Waals surface area (Å²) in [6.07, 6.45) is 2.82. The fourth-order valence-electron chi connectivity index (χ4n) is 1.53. The summed E-state index contributed by atoms with van der Waals surface area (Å²) in [5, 5.41) is 14.1. The van der Waals surface area contributed by atoms with Crippen LogP contribution in [0.2, 0.25) is 0 Å². The molecule has 0 radical (unpaired) electrons. The molecule has 0 bridgehead atoms.